The summed E-state index contributed by atoms with van der Waals surface area (Å²) in [4.78, 5) is 12.4. The Kier molecular flexibility index (Phi) is 7.94. The summed E-state index contributed by atoms with van der Waals surface area (Å²) in [5.74, 6) is -0.153. The topological polar surface area (TPSA) is 75.7 Å². The van der Waals surface area contributed by atoms with Gasteiger partial charge in [-0.2, -0.15) is 0 Å². The van der Waals surface area contributed by atoms with Crippen LogP contribution in [-0.2, 0) is 16.6 Å². The number of aryl methyl sites for hydroxylation is 1. The van der Waals surface area contributed by atoms with Gasteiger partial charge in [-0.3, -0.25) is 9.10 Å². The van der Waals surface area contributed by atoms with E-state index in [1.54, 1.807) is 24.3 Å². The van der Waals surface area contributed by atoms with Crippen molar-refractivity contribution in [2.75, 3.05) is 23.7 Å². The second-order valence-electron chi connectivity index (χ2n) is 7.49. The monoisotopic (exact) mass is 490 g/mol. The number of hydrogen-bond acceptors (Lipinski definition) is 4. The van der Waals surface area contributed by atoms with Crippen LogP contribution in [0.15, 0.2) is 66.7 Å². The first-order valence-corrected chi connectivity index (χ1v) is 12.4. The molecule has 0 heterocycles. The van der Waals surface area contributed by atoms with E-state index in [0.717, 1.165) is 27.9 Å². The molecule has 33 heavy (non-hydrogen) atoms. The molecular formula is C24H24ClFN2O4S. The van der Waals surface area contributed by atoms with E-state index in [-0.39, 0.29) is 23.2 Å². The van der Waals surface area contributed by atoms with Crippen molar-refractivity contribution in [1.29, 1.82) is 0 Å². The summed E-state index contributed by atoms with van der Waals surface area (Å²) < 4.78 is 44.8. The van der Waals surface area contributed by atoms with E-state index in [2.05, 4.69) is 5.32 Å². The molecule has 0 saturated heterocycles. The first-order chi connectivity index (χ1) is 15.6. The molecule has 0 aliphatic heterocycles. The van der Waals surface area contributed by atoms with E-state index >= 15 is 0 Å². The number of nitrogens with one attached hydrogen (secondary N) is 1. The van der Waals surface area contributed by atoms with E-state index < -0.39 is 15.8 Å². The maximum Gasteiger partial charge on any atom is 0.251 e. The molecule has 0 radical (unpaired) electrons. The molecule has 0 aliphatic rings. The van der Waals surface area contributed by atoms with Gasteiger partial charge in [0.05, 0.1) is 30.1 Å². The van der Waals surface area contributed by atoms with Crippen LogP contribution < -0.4 is 14.4 Å². The molecule has 0 unspecified atom stereocenters. The predicted octanol–water partition coefficient (Wildman–Crippen LogP) is 4.56. The molecule has 6 nitrogen and oxygen atoms in total. The Morgan fingerprint density at radius 3 is 2.45 bits per heavy atom. The Balaban J connectivity index is 1.59. The Bertz CT molecular complexity index is 1230. The smallest absolute Gasteiger partial charge is 0.251 e. The highest BCUT2D eigenvalue weighted by Crippen LogP contribution is 2.26. The molecule has 0 aliphatic carbocycles. The van der Waals surface area contributed by atoms with Gasteiger partial charge in [0.25, 0.3) is 5.91 Å². The number of ether oxygens (including phenoxy) is 1. The number of halogens is 2. The van der Waals surface area contributed by atoms with E-state index in [4.69, 9.17) is 16.3 Å². The number of sulfonamides is 1. The lowest BCUT2D eigenvalue weighted by Gasteiger charge is -2.23. The molecule has 1 amide bonds. The Morgan fingerprint density at radius 1 is 1.09 bits per heavy atom. The maximum absolute atomic E-state index is 13.5. The summed E-state index contributed by atoms with van der Waals surface area (Å²) in [5.41, 5.74) is 2.43. The third-order valence-corrected chi connectivity index (χ3v) is 6.21. The standard InChI is InChI=1S/C24H24ClFN2O4S/c1-17-4-3-5-21(14-17)32-13-12-27-24(29)19-8-6-18(7-9-19)16-28(33(2,30)31)20-10-11-23(26)22(25)15-20/h3-11,14-15H,12-13,16H2,1-2H3,(H,27,29). The Hall–Kier alpha value is -3.10. The third-order valence-electron chi connectivity index (χ3n) is 4.78. The average Bonchev–Trinajstić information content (AvgIpc) is 2.76. The second kappa shape index (κ2) is 10.7. The van der Waals surface area contributed by atoms with Crippen LogP contribution in [0.3, 0.4) is 0 Å². The summed E-state index contributed by atoms with van der Waals surface area (Å²) in [7, 11) is -3.65. The minimum atomic E-state index is -3.65. The fourth-order valence-electron chi connectivity index (χ4n) is 3.11. The van der Waals surface area contributed by atoms with E-state index in [1.807, 2.05) is 31.2 Å². The Morgan fingerprint density at radius 2 is 1.82 bits per heavy atom. The zero-order chi connectivity index (χ0) is 24.0. The molecule has 0 saturated carbocycles. The molecule has 0 spiro atoms. The Labute approximate surface area is 198 Å². The lowest BCUT2D eigenvalue weighted by atomic mass is 10.1. The van der Waals surface area contributed by atoms with Gasteiger partial charge in [0, 0.05) is 5.56 Å². The highest BCUT2D eigenvalue weighted by atomic mass is 35.5. The highest BCUT2D eigenvalue weighted by Gasteiger charge is 2.19. The van der Waals surface area contributed by atoms with Crippen LogP contribution in [0.4, 0.5) is 10.1 Å². The molecule has 0 bridgehead atoms. The molecular weight excluding hydrogens is 467 g/mol. The molecule has 1 N–H and O–H groups in total. The van der Waals surface area contributed by atoms with Crippen molar-refractivity contribution in [3.8, 4) is 5.75 Å². The van der Waals surface area contributed by atoms with Gasteiger partial charge in [-0.15, -0.1) is 0 Å². The zero-order valence-corrected chi connectivity index (χ0v) is 19.8. The first kappa shape index (κ1) is 24.5. The van der Waals surface area contributed by atoms with Gasteiger partial charge in [0.2, 0.25) is 10.0 Å². The van der Waals surface area contributed by atoms with Gasteiger partial charge in [0.15, 0.2) is 0 Å². The zero-order valence-electron chi connectivity index (χ0n) is 18.2. The van der Waals surface area contributed by atoms with Gasteiger partial charge < -0.3 is 10.1 Å². The van der Waals surface area contributed by atoms with Crippen molar-refractivity contribution in [3.63, 3.8) is 0 Å². The molecule has 0 aromatic heterocycles. The van der Waals surface area contributed by atoms with Crippen molar-refractivity contribution < 1.29 is 22.3 Å². The highest BCUT2D eigenvalue weighted by molar-refractivity contribution is 7.92. The fourth-order valence-corrected chi connectivity index (χ4v) is 4.16. The quantitative estimate of drug-likeness (QED) is 0.446. The molecule has 9 heteroatoms. The number of hydrogen-bond donors (Lipinski definition) is 1. The number of carbonyl (C=O) groups excluding carboxylic acids is 1. The molecule has 0 fully saturated rings. The molecule has 3 aromatic rings. The minimum Gasteiger partial charge on any atom is -0.492 e. The SMILES string of the molecule is Cc1cccc(OCCNC(=O)c2ccc(CN(c3ccc(F)c(Cl)c3)S(C)(=O)=O)cc2)c1. The predicted molar refractivity (Wildman–Crippen MR) is 128 cm³/mol. The van der Waals surface area contributed by atoms with Crippen molar-refractivity contribution in [3.05, 3.63) is 94.3 Å². The van der Waals surface area contributed by atoms with Gasteiger partial charge >= 0.3 is 0 Å². The normalized spacial score (nSPS) is 11.2. The summed E-state index contributed by atoms with van der Waals surface area (Å²) in [6.07, 6.45) is 1.06. The molecule has 3 aromatic carbocycles. The number of nitrogens with zero attached hydrogens (tertiary/aromatic N) is 1. The van der Waals surface area contributed by atoms with Crippen LogP contribution in [0.1, 0.15) is 21.5 Å². The summed E-state index contributed by atoms with van der Waals surface area (Å²) in [6.45, 7) is 2.65. The number of carbonyl (C=O) groups is 1. The number of anilines is 1. The van der Waals surface area contributed by atoms with Crippen LogP contribution in [-0.4, -0.2) is 33.7 Å². The molecule has 3 rings (SSSR count). The van der Waals surface area contributed by atoms with E-state index in [9.17, 15) is 17.6 Å². The third kappa shape index (κ3) is 6.94. The van der Waals surface area contributed by atoms with E-state index in [0.29, 0.717) is 24.3 Å². The van der Waals surface area contributed by atoms with Gasteiger partial charge in [-0.05, 0) is 60.5 Å². The largest absolute Gasteiger partial charge is 0.492 e. The average molecular weight is 491 g/mol. The van der Waals surface area contributed by atoms with Crippen molar-refractivity contribution >= 4 is 33.2 Å². The number of rotatable bonds is 9. The lowest BCUT2D eigenvalue weighted by molar-refractivity contribution is 0.0947. The van der Waals surface area contributed by atoms with Gasteiger partial charge in [-0.1, -0.05) is 35.9 Å². The van der Waals surface area contributed by atoms with Crippen LogP contribution in [0, 0.1) is 12.7 Å². The lowest BCUT2D eigenvalue weighted by Crippen LogP contribution is -2.29. The van der Waals surface area contributed by atoms with Crippen LogP contribution in [0.25, 0.3) is 0 Å². The fraction of sp³-hybridized carbons (Fsp3) is 0.208. The van der Waals surface area contributed by atoms with Crippen LogP contribution in [0.2, 0.25) is 5.02 Å². The van der Waals surface area contributed by atoms with Crippen molar-refractivity contribution in [1.82, 2.24) is 5.32 Å². The summed E-state index contributed by atoms with van der Waals surface area (Å²) in [5, 5.41) is 2.62. The second-order valence-corrected chi connectivity index (χ2v) is 9.80. The first-order valence-electron chi connectivity index (χ1n) is 10.1. The molecule has 0 atom stereocenters. The molecule has 174 valence electrons. The minimum absolute atomic E-state index is 0.00697. The summed E-state index contributed by atoms with van der Waals surface area (Å²) >= 11 is 5.81. The number of amides is 1. The van der Waals surface area contributed by atoms with Crippen LogP contribution >= 0.6 is 11.6 Å². The van der Waals surface area contributed by atoms with Crippen molar-refractivity contribution in [2.45, 2.75) is 13.5 Å². The van der Waals surface area contributed by atoms with Gasteiger partial charge in [0.1, 0.15) is 18.2 Å². The number of benzene rings is 3. The summed E-state index contributed by atoms with van der Waals surface area (Å²) in [6, 6.07) is 17.9. The van der Waals surface area contributed by atoms with Crippen LogP contribution in [0.5, 0.6) is 5.75 Å². The van der Waals surface area contributed by atoms with Gasteiger partial charge in [-0.25, -0.2) is 12.8 Å². The maximum atomic E-state index is 13.5. The van der Waals surface area contributed by atoms with E-state index in [1.165, 1.54) is 12.1 Å². The van der Waals surface area contributed by atoms with Crippen molar-refractivity contribution in [2.24, 2.45) is 0 Å².